The molecule has 0 amide bonds. The largest absolute Gasteiger partial charge is 0.411 e. The maximum absolute atomic E-state index is 15.9. The van der Waals surface area contributed by atoms with Gasteiger partial charge in [-0.3, -0.25) is 0 Å². The molecule has 0 aliphatic carbocycles. The lowest BCUT2D eigenvalue weighted by atomic mass is 10.0. The van der Waals surface area contributed by atoms with Crippen molar-refractivity contribution in [2.75, 3.05) is 31.7 Å². The van der Waals surface area contributed by atoms with Crippen LogP contribution < -0.4 is 15.3 Å². The monoisotopic (exact) mass is 598 g/mol. The van der Waals surface area contributed by atoms with Crippen molar-refractivity contribution in [1.29, 1.82) is 0 Å². The van der Waals surface area contributed by atoms with Crippen molar-refractivity contribution in [2.24, 2.45) is 5.16 Å². The highest BCUT2D eigenvalue weighted by Crippen LogP contribution is 2.41. The van der Waals surface area contributed by atoms with Crippen LogP contribution in [0.1, 0.15) is 45.7 Å². The number of hydrogen-bond donors (Lipinski definition) is 1. The van der Waals surface area contributed by atoms with Crippen LogP contribution in [-0.2, 0) is 20.5 Å². The Kier molecular flexibility index (Phi) is 9.92. The van der Waals surface area contributed by atoms with E-state index in [0.29, 0.717) is 24.3 Å². The fourth-order valence-corrected chi connectivity index (χ4v) is 10.8. The first kappa shape index (κ1) is 31.2. The van der Waals surface area contributed by atoms with Crippen LogP contribution in [0.4, 0.5) is 10.1 Å². The van der Waals surface area contributed by atoms with Crippen molar-refractivity contribution < 1.29 is 23.5 Å². The van der Waals surface area contributed by atoms with Gasteiger partial charge in [0.2, 0.25) is 0 Å². The van der Waals surface area contributed by atoms with E-state index in [1.807, 2.05) is 50.2 Å². The molecule has 9 heteroatoms. The second-order valence-electron chi connectivity index (χ2n) is 11.7. The molecular weight excluding hydrogens is 559 g/mol. The molecule has 1 heterocycles. The van der Waals surface area contributed by atoms with Crippen molar-refractivity contribution in [3.05, 3.63) is 88.7 Å². The summed E-state index contributed by atoms with van der Waals surface area (Å²) < 4.78 is 34.2. The molecule has 3 aromatic rings. The third-order valence-corrected chi connectivity index (χ3v) is 12.9. The molecule has 6 nitrogen and oxygen atoms in total. The highest BCUT2D eigenvalue weighted by Gasteiger charge is 2.50. The van der Waals surface area contributed by atoms with Gasteiger partial charge in [0, 0.05) is 31.3 Å². The van der Waals surface area contributed by atoms with Gasteiger partial charge in [-0.25, -0.2) is 4.39 Å². The number of ether oxygens (including phenoxy) is 2. The van der Waals surface area contributed by atoms with Gasteiger partial charge in [0.15, 0.2) is 5.82 Å². The predicted octanol–water partition coefficient (Wildman–Crippen LogP) is 5.99. The van der Waals surface area contributed by atoms with E-state index in [9.17, 15) is 5.21 Å². The molecule has 0 spiro atoms. The van der Waals surface area contributed by atoms with E-state index in [1.165, 1.54) is 7.11 Å². The molecule has 1 aliphatic rings. The fourth-order valence-electron chi connectivity index (χ4n) is 5.94. The predicted molar refractivity (Wildman–Crippen MR) is 166 cm³/mol. The average molecular weight is 599 g/mol. The van der Waals surface area contributed by atoms with E-state index in [-0.39, 0.29) is 46.8 Å². The number of morpholine rings is 1. The smallest absolute Gasteiger partial charge is 0.261 e. The van der Waals surface area contributed by atoms with E-state index in [4.69, 9.17) is 25.5 Å². The molecule has 0 unspecified atom stereocenters. The summed E-state index contributed by atoms with van der Waals surface area (Å²) in [4.78, 5) is 2.07. The topological polar surface area (TPSA) is 63.5 Å². The molecule has 0 radical (unpaired) electrons. The van der Waals surface area contributed by atoms with Crippen LogP contribution in [0, 0.1) is 5.82 Å². The summed E-state index contributed by atoms with van der Waals surface area (Å²) in [7, 11) is -1.45. The van der Waals surface area contributed by atoms with Crippen molar-refractivity contribution in [3.63, 3.8) is 0 Å². The van der Waals surface area contributed by atoms with Crippen molar-refractivity contribution in [2.45, 2.75) is 58.5 Å². The first-order valence-electron chi connectivity index (χ1n) is 13.9. The maximum Gasteiger partial charge on any atom is 0.261 e. The minimum absolute atomic E-state index is 0.0397. The Bertz CT molecular complexity index is 1300. The number of oxime groups is 1. The van der Waals surface area contributed by atoms with E-state index in [0.717, 1.165) is 10.4 Å². The standard InChI is InChI=1S/C32H40ClFN2O4Si/c1-22-18-36(19-23(2)40-22)31-24(17-27(30(34)29(31)33)28(35-37)21-38-6)20-39-41(32(3,4)5,25-13-9-7-10-14-25)26-15-11-8-12-16-26/h7-17,22-23,37H,18-21H2,1-6H3/t22-,23+. The van der Waals surface area contributed by atoms with Crippen LogP contribution in [0.15, 0.2) is 71.9 Å². The van der Waals surface area contributed by atoms with Gasteiger partial charge >= 0.3 is 0 Å². The van der Waals surface area contributed by atoms with Crippen molar-refractivity contribution >= 4 is 41.7 Å². The summed E-state index contributed by atoms with van der Waals surface area (Å²) in [6.07, 6.45) is -0.128. The van der Waals surface area contributed by atoms with E-state index in [2.05, 4.69) is 55.1 Å². The molecule has 4 rings (SSSR count). The first-order chi connectivity index (χ1) is 19.5. The third-order valence-electron chi connectivity index (χ3n) is 7.57. The molecule has 0 saturated carbocycles. The zero-order valence-electron chi connectivity index (χ0n) is 24.7. The summed E-state index contributed by atoms with van der Waals surface area (Å²) >= 11 is 6.83. The summed E-state index contributed by atoms with van der Waals surface area (Å²) in [5, 5.41) is 15.0. The molecule has 1 fully saturated rings. The number of anilines is 1. The molecule has 3 aromatic carbocycles. The number of halogens is 2. The number of nitrogens with zero attached hydrogens (tertiary/aromatic N) is 2. The van der Waals surface area contributed by atoms with Gasteiger partial charge < -0.3 is 24.0 Å². The molecule has 2 atom stereocenters. The van der Waals surface area contributed by atoms with Gasteiger partial charge in [0.25, 0.3) is 8.32 Å². The van der Waals surface area contributed by atoms with Gasteiger partial charge in [0.05, 0.1) is 31.1 Å². The molecule has 1 N–H and O–H groups in total. The molecular formula is C32H40ClFN2O4Si. The summed E-state index contributed by atoms with van der Waals surface area (Å²) in [5.41, 5.74) is 1.41. The van der Waals surface area contributed by atoms with Crippen molar-refractivity contribution in [1.82, 2.24) is 0 Å². The molecule has 1 saturated heterocycles. The summed E-state index contributed by atoms with van der Waals surface area (Å²) in [6.45, 7) is 11.8. The van der Waals surface area contributed by atoms with Crippen LogP contribution in [0.25, 0.3) is 0 Å². The number of hydrogen-bond acceptors (Lipinski definition) is 6. The van der Waals surface area contributed by atoms with Crippen LogP contribution in [-0.4, -0.2) is 58.3 Å². The van der Waals surface area contributed by atoms with E-state index < -0.39 is 14.1 Å². The highest BCUT2D eigenvalue weighted by molar-refractivity contribution is 6.99. The Hall–Kier alpha value is -2.75. The van der Waals surface area contributed by atoms with Gasteiger partial charge in [-0.15, -0.1) is 0 Å². The van der Waals surface area contributed by atoms with E-state index in [1.54, 1.807) is 6.07 Å². The van der Waals surface area contributed by atoms with Gasteiger partial charge in [-0.2, -0.15) is 0 Å². The second kappa shape index (κ2) is 13.0. The summed E-state index contributed by atoms with van der Waals surface area (Å²) in [6, 6.07) is 22.4. The highest BCUT2D eigenvalue weighted by atomic mass is 35.5. The Labute approximate surface area is 248 Å². The maximum atomic E-state index is 15.9. The van der Waals surface area contributed by atoms with Crippen molar-refractivity contribution in [3.8, 4) is 0 Å². The first-order valence-corrected chi connectivity index (χ1v) is 16.2. The lowest BCUT2D eigenvalue weighted by Gasteiger charge is -2.43. The number of benzene rings is 3. The molecule has 41 heavy (non-hydrogen) atoms. The van der Waals surface area contributed by atoms with E-state index >= 15 is 4.39 Å². The quantitative estimate of drug-likeness (QED) is 0.142. The molecule has 1 aliphatic heterocycles. The lowest BCUT2D eigenvalue weighted by molar-refractivity contribution is -0.00532. The number of methoxy groups -OCH3 is 1. The second-order valence-corrected chi connectivity index (χ2v) is 16.3. The molecule has 0 aromatic heterocycles. The zero-order valence-corrected chi connectivity index (χ0v) is 26.4. The van der Waals surface area contributed by atoms with Gasteiger partial charge in [-0.1, -0.05) is 98.2 Å². The Morgan fingerprint density at radius 3 is 2.05 bits per heavy atom. The normalized spacial score (nSPS) is 18.5. The minimum atomic E-state index is -2.91. The number of rotatable bonds is 9. The third kappa shape index (κ3) is 6.37. The lowest BCUT2D eigenvalue weighted by Crippen LogP contribution is -2.66. The average Bonchev–Trinajstić information content (AvgIpc) is 2.94. The zero-order chi connectivity index (χ0) is 29.8. The Morgan fingerprint density at radius 1 is 1.05 bits per heavy atom. The van der Waals surface area contributed by atoms with Crippen LogP contribution in [0.5, 0.6) is 0 Å². The SMILES string of the molecule is COCC(=NO)c1cc(CO[Si](c2ccccc2)(c2ccccc2)C(C)(C)C)c(N2C[C@@H](C)O[C@@H](C)C2)c(Cl)c1F. The van der Waals surface area contributed by atoms with Crippen LogP contribution >= 0.6 is 11.6 Å². The Balaban J connectivity index is 1.91. The summed E-state index contributed by atoms with van der Waals surface area (Å²) in [5.74, 6) is -0.660. The van der Waals surface area contributed by atoms with Gasteiger partial charge in [0.1, 0.15) is 10.7 Å². The molecule has 220 valence electrons. The fraction of sp³-hybridized carbons (Fsp3) is 0.406. The molecule has 0 bridgehead atoms. The minimum Gasteiger partial charge on any atom is -0.411 e. The van der Waals surface area contributed by atoms with Crippen LogP contribution in [0.3, 0.4) is 0 Å². The van der Waals surface area contributed by atoms with Gasteiger partial charge in [-0.05, 0) is 35.3 Å². The van der Waals surface area contributed by atoms with Crippen LogP contribution in [0.2, 0.25) is 10.1 Å². The Morgan fingerprint density at radius 2 is 1.59 bits per heavy atom.